The summed E-state index contributed by atoms with van der Waals surface area (Å²) in [5.74, 6) is -0.356. The Hall–Kier alpha value is -2.74. The lowest BCUT2D eigenvalue weighted by Gasteiger charge is -2.09. The SMILES string of the molecule is CCc1nc2ccc(Br)cn2c1C(=O)Nc1cc([N+](=O)[O-])ccc1C. The van der Waals surface area contributed by atoms with E-state index in [-0.39, 0.29) is 11.6 Å². The number of rotatable bonds is 4. The summed E-state index contributed by atoms with van der Waals surface area (Å²) in [6.07, 6.45) is 2.37. The number of nitrogens with one attached hydrogen (secondary N) is 1. The summed E-state index contributed by atoms with van der Waals surface area (Å²) in [7, 11) is 0. The van der Waals surface area contributed by atoms with Crippen LogP contribution in [0.3, 0.4) is 0 Å². The van der Waals surface area contributed by atoms with Gasteiger partial charge in [0.15, 0.2) is 0 Å². The number of aryl methyl sites for hydroxylation is 2. The van der Waals surface area contributed by atoms with Crippen molar-refractivity contribution in [1.82, 2.24) is 9.38 Å². The molecule has 0 spiro atoms. The van der Waals surface area contributed by atoms with Crippen LogP contribution in [0.15, 0.2) is 41.0 Å². The lowest BCUT2D eigenvalue weighted by Crippen LogP contribution is -2.17. The summed E-state index contributed by atoms with van der Waals surface area (Å²) in [6.45, 7) is 3.71. The van der Waals surface area contributed by atoms with E-state index in [2.05, 4.69) is 26.2 Å². The van der Waals surface area contributed by atoms with Gasteiger partial charge in [-0.25, -0.2) is 4.98 Å². The van der Waals surface area contributed by atoms with Gasteiger partial charge in [-0.1, -0.05) is 13.0 Å². The van der Waals surface area contributed by atoms with Crippen LogP contribution in [0.2, 0.25) is 0 Å². The first-order valence-electron chi connectivity index (χ1n) is 7.63. The highest BCUT2D eigenvalue weighted by Crippen LogP contribution is 2.24. The average Bonchev–Trinajstić information content (AvgIpc) is 2.94. The predicted molar refractivity (Wildman–Crippen MR) is 98.1 cm³/mol. The highest BCUT2D eigenvalue weighted by atomic mass is 79.9. The Morgan fingerprint density at radius 3 is 2.80 bits per heavy atom. The second-order valence-corrected chi connectivity index (χ2v) is 6.46. The Labute approximate surface area is 152 Å². The molecule has 1 aromatic carbocycles. The minimum absolute atomic E-state index is 0.0718. The van der Waals surface area contributed by atoms with Crippen molar-refractivity contribution in [3.63, 3.8) is 0 Å². The number of benzene rings is 1. The molecule has 0 saturated carbocycles. The molecule has 1 amide bonds. The predicted octanol–water partition coefficient (Wildman–Crippen LogP) is 4.13. The zero-order chi connectivity index (χ0) is 18.1. The Morgan fingerprint density at radius 1 is 1.36 bits per heavy atom. The lowest BCUT2D eigenvalue weighted by molar-refractivity contribution is -0.384. The minimum atomic E-state index is -0.488. The summed E-state index contributed by atoms with van der Waals surface area (Å²) in [5, 5.41) is 13.7. The van der Waals surface area contributed by atoms with Crippen LogP contribution in [0.5, 0.6) is 0 Å². The Morgan fingerprint density at radius 2 is 2.12 bits per heavy atom. The third-order valence-corrected chi connectivity index (χ3v) is 4.35. The fourth-order valence-corrected chi connectivity index (χ4v) is 2.93. The van der Waals surface area contributed by atoms with Gasteiger partial charge in [0, 0.05) is 22.8 Å². The number of fused-ring (bicyclic) bond motifs is 1. The van der Waals surface area contributed by atoms with E-state index in [0.29, 0.717) is 29.1 Å². The van der Waals surface area contributed by atoms with Crippen molar-refractivity contribution < 1.29 is 9.72 Å². The number of non-ortho nitro benzene ring substituents is 1. The molecule has 3 rings (SSSR count). The van der Waals surface area contributed by atoms with Crippen molar-refractivity contribution in [2.75, 3.05) is 5.32 Å². The Balaban J connectivity index is 2.05. The van der Waals surface area contributed by atoms with E-state index in [1.54, 1.807) is 23.6 Å². The van der Waals surface area contributed by atoms with Crippen LogP contribution in [0, 0.1) is 17.0 Å². The van der Waals surface area contributed by atoms with Gasteiger partial charge in [-0.3, -0.25) is 19.3 Å². The molecule has 3 aromatic rings. The number of carbonyl (C=O) groups is 1. The van der Waals surface area contributed by atoms with Crippen LogP contribution < -0.4 is 5.32 Å². The fourth-order valence-electron chi connectivity index (χ4n) is 2.59. The van der Waals surface area contributed by atoms with Gasteiger partial charge < -0.3 is 5.32 Å². The van der Waals surface area contributed by atoms with Crippen LogP contribution in [0.4, 0.5) is 11.4 Å². The summed E-state index contributed by atoms with van der Waals surface area (Å²) < 4.78 is 2.53. The third-order valence-electron chi connectivity index (χ3n) is 3.88. The summed E-state index contributed by atoms with van der Waals surface area (Å²) in [5.41, 5.74) is 2.83. The number of nitro benzene ring substituents is 1. The third kappa shape index (κ3) is 3.25. The van der Waals surface area contributed by atoms with Gasteiger partial charge in [0.05, 0.1) is 16.3 Å². The van der Waals surface area contributed by atoms with Gasteiger partial charge in [0.2, 0.25) is 0 Å². The summed E-state index contributed by atoms with van der Waals surface area (Å²) in [4.78, 5) is 27.8. The maximum atomic E-state index is 12.9. The van der Waals surface area contributed by atoms with Crippen molar-refractivity contribution >= 4 is 38.9 Å². The Bertz CT molecular complexity index is 997. The van der Waals surface area contributed by atoms with E-state index in [1.165, 1.54) is 12.1 Å². The standard InChI is InChI=1S/C17H15BrN4O3/c1-3-13-16(21-9-11(18)5-7-15(21)19-13)17(23)20-14-8-12(22(24)25)6-4-10(14)2/h4-9H,3H2,1-2H3,(H,20,23). The highest BCUT2D eigenvalue weighted by Gasteiger charge is 2.20. The number of hydrogen-bond donors (Lipinski definition) is 1. The number of anilines is 1. The first kappa shape index (κ1) is 17.1. The maximum Gasteiger partial charge on any atom is 0.274 e. The Kier molecular flexibility index (Phi) is 4.54. The molecule has 7 nitrogen and oxygen atoms in total. The van der Waals surface area contributed by atoms with Gasteiger partial charge in [0.1, 0.15) is 11.3 Å². The number of hydrogen-bond acceptors (Lipinski definition) is 4. The molecule has 2 heterocycles. The van der Waals surface area contributed by atoms with E-state index in [1.807, 2.05) is 19.1 Å². The molecule has 0 atom stereocenters. The zero-order valence-electron chi connectivity index (χ0n) is 13.6. The molecular formula is C17H15BrN4O3. The second kappa shape index (κ2) is 6.64. The fraction of sp³-hybridized carbons (Fsp3) is 0.176. The molecular weight excluding hydrogens is 388 g/mol. The van der Waals surface area contributed by atoms with Gasteiger partial charge in [-0.05, 0) is 47.0 Å². The number of nitro groups is 1. The number of imidazole rings is 1. The number of aromatic nitrogens is 2. The first-order valence-corrected chi connectivity index (χ1v) is 8.43. The maximum absolute atomic E-state index is 12.9. The van der Waals surface area contributed by atoms with E-state index in [9.17, 15) is 14.9 Å². The summed E-state index contributed by atoms with van der Waals surface area (Å²) in [6, 6.07) is 8.05. The van der Waals surface area contributed by atoms with Crippen LogP contribution in [-0.2, 0) is 6.42 Å². The van der Waals surface area contributed by atoms with Gasteiger partial charge in [0.25, 0.3) is 11.6 Å². The second-order valence-electron chi connectivity index (χ2n) is 5.55. The van der Waals surface area contributed by atoms with Gasteiger partial charge in [-0.2, -0.15) is 0 Å². The van der Waals surface area contributed by atoms with Crippen LogP contribution in [-0.4, -0.2) is 20.2 Å². The van der Waals surface area contributed by atoms with Crippen LogP contribution in [0.25, 0.3) is 5.65 Å². The molecule has 25 heavy (non-hydrogen) atoms. The van der Waals surface area contributed by atoms with Crippen molar-refractivity contribution in [3.8, 4) is 0 Å². The van der Waals surface area contributed by atoms with Crippen molar-refractivity contribution in [1.29, 1.82) is 0 Å². The molecule has 2 aromatic heterocycles. The van der Waals surface area contributed by atoms with Gasteiger partial charge >= 0.3 is 0 Å². The first-order chi connectivity index (χ1) is 11.9. The molecule has 0 saturated heterocycles. The molecule has 1 N–H and O–H groups in total. The quantitative estimate of drug-likeness (QED) is 0.524. The van der Waals surface area contributed by atoms with Crippen molar-refractivity contribution in [3.05, 3.63) is 68.1 Å². The normalized spacial score (nSPS) is 10.8. The zero-order valence-corrected chi connectivity index (χ0v) is 15.2. The monoisotopic (exact) mass is 402 g/mol. The van der Waals surface area contributed by atoms with Crippen molar-refractivity contribution in [2.45, 2.75) is 20.3 Å². The molecule has 128 valence electrons. The number of nitrogens with zero attached hydrogens (tertiary/aromatic N) is 3. The largest absolute Gasteiger partial charge is 0.320 e. The minimum Gasteiger partial charge on any atom is -0.320 e. The molecule has 0 aliphatic heterocycles. The molecule has 0 bridgehead atoms. The molecule has 0 fully saturated rings. The average molecular weight is 403 g/mol. The number of carbonyl (C=O) groups excluding carboxylic acids is 1. The van der Waals surface area contributed by atoms with E-state index in [0.717, 1.165) is 10.0 Å². The van der Waals surface area contributed by atoms with Crippen LogP contribution in [0.1, 0.15) is 28.7 Å². The highest BCUT2D eigenvalue weighted by molar-refractivity contribution is 9.10. The molecule has 0 radical (unpaired) electrons. The summed E-state index contributed by atoms with van der Waals surface area (Å²) >= 11 is 3.40. The molecule has 0 unspecified atom stereocenters. The van der Waals surface area contributed by atoms with Crippen LogP contribution >= 0.6 is 15.9 Å². The van der Waals surface area contributed by atoms with E-state index >= 15 is 0 Å². The molecule has 0 aliphatic rings. The van der Waals surface area contributed by atoms with Gasteiger partial charge in [-0.15, -0.1) is 0 Å². The van der Waals surface area contributed by atoms with E-state index < -0.39 is 4.92 Å². The smallest absolute Gasteiger partial charge is 0.274 e. The molecule has 8 heteroatoms. The number of amides is 1. The van der Waals surface area contributed by atoms with Crippen molar-refractivity contribution in [2.24, 2.45) is 0 Å². The topological polar surface area (TPSA) is 89.5 Å². The van der Waals surface area contributed by atoms with E-state index in [4.69, 9.17) is 0 Å². The number of pyridine rings is 1. The number of halogens is 1. The molecule has 0 aliphatic carbocycles. The lowest BCUT2D eigenvalue weighted by atomic mass is 10.1.